The number of anilines is 1. The lowest BCUT2D eigenvalue weighted by Crippen LogP contribution is -2.29. The number of amides is 1. The Morgan fingerprint density at radius 3 is 2.78 bits per heavy atom. The Labute approximate surface area is 164 Å². The Hall–Kier alpha value is -2.93. The third-order valence-corrected chi connectivity index (χ3v) is 5.43. The molecule has 0 aliphatic carbocycles. The minimum absolute atomic E-state index is 0.0341. The number of fused-ring (bicyclic) bond motifs is 1. The zero-order valence-electron chi connectivity index (χ0n) is 14.3. The standard InChI is InChI=1S/C20H17BrN4O2/c21-15-6-3-7-23-17(15)9-18-13-4-1-2-5-14(13)20(27)25(18)11-12-8-19(26)16(22)10-24-12/h1-8,10,18H,9,11,22H2,(H,24,26). The quantitative estimate of drug-likeness (QED) is 0.668. The molecule has 0 saturated heterocycles. The minimum atomic E-state index is -0.165. The molecule has 1 atom stereocenters. The fraction of sp³-hybridized carbons (Fsp3) is 0.150. The first-order chi connectivity index (χ1) is 13.0. The van der Waals surface area contributed by atoms with E-state index in [0.29, 0.717) is 17.7 Å². The molecule has 0 radical (unpaired) electrons. The van der Waals surface area contributed by atoms with E-state index >= 15 is 0 Å². The van der Waals surface area contributed by atoms with Gasteiger partial charge in [-0.25, -0.2) is 0 Å². The summed E-state index contributed by atoms with van der Waals surface area (Å²) in [7, 11) is 0. The molecule has 2 aromatic heterocycles. The number of halogens is 1. The van der Waals surface area contributed by atoms with Gasteiger partial charge in [0.15, 0.2) is 0 Å². The van der Waals surface area contributed by atoms with Crippen LogP contribution in [0.1, 0.15) is 33.4 Å². The Morgan fingerprint density at radius 2 is 2.00 bits per heavy atom. The van der Waals surface area contributed by atoms with E-state index in [1.807, 2.05) is 36.4 Å². The van der Waals surface area contributed by atoms with Crippen molar-refractivity contribution in [1.82, 2.24) is 14.9 Å². The van der Waals surface area contributed by atoms with Crippen molar-refractivity contribution in [3.8, 4) is 5.75 Å². The predicted octanol–water partition coefficient (Wildman–Crippen LogP) is 3.47. The number of aromatic nitrogens is 2. The summed E-state index contributed by atoms with van der Waals surface area (Å²) in [4.78, 5) is 23.5. The average molecular weight is 425 g/mol. The molecule has 1 amide bonds. The lowest BCUT2D eigenvalue weighted by Gasteiger charge is -2.25. The second-order valence-corrected chi connectivity index (χ2v) is 7.26. The third kappa shape index (κ3) is 3.26. The number of nitrogens with two attached hydrogens (primary N) is 1. The molecule has 4 rings (SSSR count). The van der Waals surface area contributed by atoms with Crippen LogP contribution in [0.15, 0.2) is 59.3 Å². The maximum atomic E-state index is 13.0. The summed E-state index contributed by atoms with van der Waals surface area (Å²) in [5.74, 6) is -0.0889. The largest absolute Gasteiger partial charge is 0.506 e. The van der Waals surface area contributed by atoms with Gasteiger partial charge >= 0.3 is 0 Å². The molecule has 3 N–H and O–H groups in total. The van der Waals surface area contributed by atoms with Crippen LogP contribution in [0.5, 0.6) is 5.75 Å². The summed E-state index contributed by atoms with van der Waals surface area (Å²) >= 11 is 3.54. The van der Waals surface area contributed by atoms with Crippen molar-refractivity contribution in [3.05, 3.63) is 81.8 Å². The van der Waals surface area contributed by atoms with Crippen LogP contribution in [0, 0.1) is 0 Å². The average Bonchev–Trinajstić information content (AvgIpc) is 2.92. The molecule has 0 fully saturated rings. The number of hydrogen-bond acceptors (Lipinski definition) is 5. The van der Waals surface area contributed by atoms with Gasteiger partial charge in [-0.2, -0.15) is 0 Å². The molecule has 27 heavy (non-hydrogen) atoms. The van der Waals surface area contributed by atoms with E-state index in [2.05, 4.69) is 25.9 Å². The second kappa shape index (κ2) is 7.00. The van der Waals surface area contributed by atoms with Gasteiger partial charge in [0.1, 0.15) is 5.75 Å². The van der Waals surface area contributed by atoms with Crippen molar-refractivity contribution in [1.29, 1.82) is 0 Å². The molecule has 1 unspecified atom stereocenters. The monoisotopic (exact) mass is 424 g/mol. The van der Waals surface area contributed by atoms with Crippen LogP contribution >= 0.6 is 15.9 Å². The molecule has 1 aromatic carbocycles. The van der Waals surface area contributed by atoms with Gasteiger partial charge in [-0.15, -0.1) is 0 Å². The molecule has 1 aliphatic rings. The minimum Gasteiger partial charge on any atom is -0.506 e. The van der Waals surface area contributed by atoms with Gasteiger partial charge in [-0.05, 0) is 39.7 Å². The first-order valence-electron chi connectivity index (χ1n) is 8.47. The first kappa shape index (κ1) is 17.5. The molecule has 6 nitrogen and oxygen atoms in total. The van der Waals surface area contributed by atoms with Crippen molar-refractivity contribution in [2.45, 2.75) is 19.0 Å². The lowest BCUT2D eigenvalue weighted by atomic mass is 10.0. The normalized spacial score (nSPS) is 15.8. The number of carbonyl (C=O) groups excluding carboxylic acids is 1. The van der Waals surface area contributed by atoms with E-state index in [0.717, 1.165) is 15.7 Å². The number of aromatic hydroxyl groups is 1. The number of hydrogen-bond donors (Lipinski definition) is 2. The number of nitrogen functional groups attached to an aromatic ring is 1. The number of pyridine rings is 2. The van der Waals surface area contributed by atoms with Crippen molar-refractivity contribution in [2.24, 2.45) is 0 Å². The van der Waals surface area contributed by atoms with Crippen molar-refractivity contribution < 1.29 is 9.90 Å². The smallest absolute Gasteiger partial charge is 0.255 e. The van der Waals surface area contributed by atoms with Gasteiger partial charge in [-0.1, -0.05) is 18.2 Å². The molecule has 3 aromatic rings. The molecule has 0 spiro atoms. The fourth-order valence-electron chi connectivity index (χ4n) is 3.36. The topological polar surface area (TPSA) is 92.3 Å². The van der Waals surface area contributed by atoms with Crippen molar-refractivity contribution in [2.75, 3.05) is 5.73 Å². The molecular weight excluding hydrogens is 408 g/mol. The van der Waals surface area contributed by atoms with Gasteiger partial charge in [-0.3, -0.25) is 14.8 Å². The van der Waals surface area contributed by atoms with Crippen LogP contribution in [0.25, 0.3) is 0 Å². The highest BCUT2D eigenvalue weighted by Crippen LogP contribution is 2.37. The number of benzene rings is 1. The Kier molecular flexibility index (Phi) is 4.53. The molecule has 0 saturated carbocycles. The third-order valence-electron chi connectivity index (χ3n) is 4.71. The fourth-order valence-corrected chi connectivity index (χ4v) is 3.78. The van der Waals surface area contributed by atoms with Crippen LogP contribution in [0.2, 0.25) is 0 Å². The number of rotatable bonds is 4. The molecule has 3 heterocycles. The van der Waals surface area contributed by atoms with E-state index in [9.17, 15) is 9.90 Å². The second-order valence-electron chi connectivity index (χ2n) is 6.41. The lowest BCUT2D eigenvalue weighted by molar-refractivity contribution is 0.0705. The van der Waals surface area contributed by atoms with E-state index < -0.39 is 0 Å². The van der Waals surface area contributed by atoms with Crippen molar-refractivity contribution in [3.63, 3.8) is 0 Å². The van der Waals surface area contributed by atoms with Gasteiger partial charge < -0.3 is 15.7 Å². The van der Waals surface area contributed by atoms with Crippen LogP contribution in [0.3, 0.4) is 0 Å². The zero-order chi connectivity index (χ0) is 19.0. The van der Waals surface area contributed by atoms with E-state index in [1.165, 1.54) is 12.3 Å². The Balaban J connectivity index is 1.71. The summed E-state index contributed by atoms with van der Waals surface area (Å²) in [6.07, 6.45) is 3.72. The Bertz CT molecular complexity index is 1020. The molecular formula is C20H17BrN4O2. The maximum absolute atomic E-state index is 13.0. The first-order valence-corrected chi connectivity index (χ1v) is 9.26. The van der Waals surface area contributed by atoms with E-state index in [4.69, 9.17) is 5.73 Å². The van der Waals surface area contributed by atoms with Crippen molar-refractivity contribution >= 4 is 27.5 Å². The summed E-state index contributed by atoms with van der Waals surface area (Å²) in [5.41, 5.74) is 8.96. The Morgan fingerprint density at radius 1 is 1.19 bits per heavy atom. The summed E-state index contributed by atoms with van der Waals surface area (Å²) in [6.45, 7) is 0.274. The summed E-state index contributed by atoms with van der Waals surface area (Å²) in [6, 6.07) is 12.7. The van der Waals surface area contributed by atoms with Crippen LogP contribution in [-0.4, -0.2) is 25.9 Å². The predicted molar refractivity (Wildman–Crippen MR) is 105 cm³/mol. The molecule has 0 bridgehead atoms. The summed E-state index contributed by atoms with van der Waals surface area (Å²) in [5, 5.41) is 9.87. The van der Waals surface area contributed by atoms with Gasteiger partial charge in [0, 0.05) is 28.7 Å². The molecule has 7 heteroatoms. The number of nitrogens with zero attached hydrogens (tertiary/aromatic N) is 3. The number of carbonyl (C=O) groups is 1. The van der Waals surface area contributed by atoms with Crippen LogP contribution < -0.4 is 5.73 Å². The van der Waals surface area contributed by atoms with E-state index in [-0.39, 0.29) is 29.9 Å². The van der Waals surface area contributed by atoms with Gasteiger partial charge in [0.2, 0.25) is 0 Å². The van der Waals surface area contributed by atoms with Crippen LogP contribution in [-0.2, 0) is 13.0 Å². The SMILES string of the molecule is Nc1cnc(CN2C(=O)c3ccccc3C2Cc2ncccc2Br)cc1O. The summed E-state index contributed by atoms with van der Waals surface area (Å²) < 4.78 is 0.907. The molecule has 1 aliphatic heterocycles. The zero-order valence-corrected chi connectivity index (χ0v) is 15.9. The highest BCUT2D eigenvalue weighted by Gasteiger charge is 2.37. The van der Waals surface area contributed by atoms with E-state index in [1.54, 1.807) is 11.1 Å². The van der Waals surface area contributed by atoms with Gasteiger partial charge in [0.05, 0.1) is 35.9 Å². The highest BCUT2D eigenvalue weighted by atomic mass is 79.9. The highest BCUT2D eigenvalue weighted by molar-refractivity contribution is 9.10. The van der Waals surface area contributed by atoms with Crippen LogP contribution in [0.4, 0.5) is 5.69 Å². The molecule has 136 valence electrons. The van der Waals surface area contributed by atoms with Gasteiger partial charge in [0.25, 0.3) is 5.91 Å². The maximum Gasteiger partial charge on any atom is 0.255 e.